The summed E-state index contributed by atoms with van der Waals surface area (Å²) in [7, 11) is 0. The summed E-state index contributed by atoms with van der Waals surface area (Å²) in [6.45, 7) is 5.52. The number of halogens is 1. The van der Waals surface area contributed by atoms with E-state index in [4.69, 9.17) is 33.7 Å². The van der Waals surface area contributed by atoms with Gasteiger partial charge in [0.15, 0.2) is 5.11 Å². The Kier molecular flexibility index (Phi) is 7.53. The molecule has 8 heteroatoms. The lowest BCUT2D eigenvalue weighted by atomic mass is 10.1. The van der Waals surface area contributed by atoms with E-state index in [1.54, 1.807) is 0 Å². The third-order valence-corrected chi connectivity index (χ3v) is 5.64. The SMILES string of the molecule is S=C(NCCCN1CCOCC1)Nc1cn(-c2ccccc2)nc1-c1ccc(Cl)cc1. The minimum absolute atomic E-state index is 0.588. The summed E-state index contributed by atoms with van der Waals surface area (Å²) >= 11 is 11.6. The highest BCUT2D eigenvalue weighted by molar-refractivity contribution is 7.80. The third kappa shape index (κ3) is 6.04. The highest BCUT2D eigenvalue weighted by atomic mass is 35.5. The quantitative estimate of drug-likeness (QED) is 0.411. The van der Waals surface area contributed by atoms with Gasteiger partial charge < -0.3 is 15.4 Å². The molecule has 2 heterocycles. The van der Waals surface area contributed by atoms with Crippen LogP contribution in [0, 0.1) is 0 Å². The molecule has 4 rings (SSSR count). The van der Waals surface area contributed by atoms with E-state index in [0.717, 1.165) is 68.4 Å². The lowest BCUT2D eigenvalue weighted by molar-refractivity contribution is 0.0376. The lowest BCUT2D eigenvalue weighted by Gasteiger charge is -2.26. The molecule has 0 saturated carbocycles. The summed E-state index contributed by atoms with van der Waals surface area (Å²) in [6.07, 6.45) is 2.98. The first kappa shape index (κ1) is 21.8. The maximum atomic E-state index is 6.07. The lowest BCUT2D eigenvalue weighted by Crippen LogP contribution is -2.38. The van der Waals surface area contributed by atoms with Gasteiger partial charge in [-0.25, -0.2) is 4.68 Å². The van der Waals surface area contributed by atoms with Gasteiger partial charge in [0.1, 0.15) is 5.69 Å². The van der Waals surface area contributed by atoms with Crippen LogP contribution >= 0.6 is 23.8 Å². The summed E-state index contributed by atoms with van der Waals surface area (Å²) in [5.41, 5.74) is 3.61. The molecule has 1 aromatic heterocycles. The maximum Gasteiger partial charge on any atom is 0.170 e. The number of hydrogen-bond donors (Lipinski definition) is 2. The second-order valence-electron chi connectivity index (χ2n) is 7.37. The van der Waals surface area contributed by atoms with Crippen LogP contribution in [0.1, 0.15) is 6.42 Å². The molecule has 31 heavy (non-hydrogen) atoms. The van der Waals surface area contributed by atoms with Crippen LogP contribution in [0.2, 0.25) is 5.02 Å². The molecule has 1 aliphatic rings. The average Bonchev–Trinajstić information content (AvgIpc) is 3.22. The zero-order chi connectivity index (χ0) is 21.5. The van der Waals surface area contributed by atoms with Crippen LogP contribution < -0.4 is 10.6 Å². The smallest absolute Gasteiger partial charge is 0.170 e. The van der Waals surface area contributed by atoms with Crippen LogP contribution in [0.25, 0.3) is 16.9 Å². The molecule has 0 bridgehead atoms. The number of anilines is 1. The minimum Gasteiger partial charge on any atom is -0.379 e. The molecule has 0 radical (unpaired) electrons. The summed E-state index contributed by atoms with van der Waals surface area (Å²) < 4.78 is 7.25. The van der Waals surface area contributed by atoms with Crippen molar-refractivity contribution in [3.05, 3.63) is 65.8 Å². The number of ether oxygens (including phenoxy) is 1. The Bertz CT molecular complexity index is 987. The first-order valence-electron chi connectivity index (χ1n) is 10.4. The molecular formula is C23H26ClN5OS. The number of rotatable bonds is 7. The molecule has 162 valence electrons. The Morgan fingerprint density at radius 2 is 1.81 bits per heavy atom. The fraction of sp³-hybridized carbons (Fsp3) is 0.304. The molecule has 0 aliphatic carbocycles. The molecule has 2 aromatic carbocycles. The zero-order valence-corrected chi connectivity index (χ0v) is 18.8. The molecule has 1 saturated heterocycles. The highest BCUT2D eigenvalue weighted by Gasteiger charge is 2.14. The Morgan fingerprint density at radius 1 is 1.06 bits per heavy atom. The van der Waals surface area contributed by atoms with Crippen LogP contribution in [0.5, 0.6) is 0 Å². The third-order valence-electron chi connectivity index (χ3n) is 5.14. The standard InChI is InChI=1S/C23H26ClN5OS/c24-19-9-7-18(8-10-19)22-21(17-29(27-22)20-5-2-1-3-6-20)26-23(31)25-11-4-12-28-13-15-30-16-14-28/h1-3,5-10,17H,4,11-16H2,(H2,25,26,31). The van der Waals surface area contributed by atoms with Gasteiger partial charge >= 0.3 is 0 Å². The Balaban J connectivity index is 1.42. The second-order valence-corrected chi connectivity index (χ2v) is 8.21. The van der Waals surface area contributed by atoms with Crippen molar-refractivity contribution >= 4 is 34.6 Å². The molecular weight excluding hydrogens is 430 g/mol. The zero-order valence-electron chi connectivity index (χ0n) is 17.3. The van der Waals surface area contributed by atoms with Crippen LogP contribution in [0.15, 0.2) is 60.8 Å². The van der Waals surface area contributed by atoms with E-state index in [2.05, 4.69) is 15.5 Å². The van der Waals surface area contributed by atoms with E-state index in [0.29, 0.717) is 10.1 Å². The van der Waals surface area contributed by atoms with Gasteiger partial charge in [-0.15, -0.1) is 0 Å². The number of nitrogens with one attached hydrogen (secondary N) is 2. The summed E-state index contributed by atoms with van der Waals surface area (Å²) in [4.78, 5) is 2.42. The molecule has 0 unspecified atom stereocenters. The van der Waals surface area contributed by atoms with Crippen LogP contribution in [0.3, 0.4) is 0 Å². The van der Waals surface area contributed by atoms with Crippen LogP contribution in [0.4, 0.5) is 5.69 Å². The maximum absolute atomic E-state index is 6.07. The Morgan fingerprint density at radius 3 is 2.55 bits per heavy atom. The van der Waals surface area contributed by atoms with Gasteiger partial charge in [-0.1, -0.05) is 41.9 Å². The van der Waals surface area contributed by atoms with Gasteiger partial charge in [0, 0.05) is 30.2 Å². The fourth-order valence-corrected chi connectivity index (χ4v) is 3.83. The average molecular weight is 456 g/mol. The molecule has 0 amide bonds. The van der Waals surface area contributed by atoms with Crippen molar-refractivity contribution in [1.82, 2.24) is 20.0 Å². The van der Waals surface area contributed by atoms with Gasteiger partial charge in [-0.05, 0) is 49.4 Å². The topological polar surface area (TPSA) is 54.4 Å². The van der Waals surface area contributed by atoms with Crippen molar-refractivity contribution in [2.24, 2.45) is 0 Å². The van der Waals surface area contributed by atoms with Crippen LogP contribution in [-0.4, -0.2) is 59.2 Å². The van der Waals surface area contributed by atoms with Crippen molar-refractivity contribution in [3.8, 4) is 16.9 Å². The van der Waals surface area contributed by atoms with E-state index in [1.807, 2.05) is 65.5 Å². The number of benzene rings is 2. The number of morpholine rings is 1. The number of nitrogens with zero attached hydrogens (tertiary/aromatic N) is 3. The Labute approximate surface area is 193 Å². The molecule has 0 atom stereocenters. The van der Waals surface area contributed by atoms with E-state index in [-0.39, 0.29) is 0 Å². The molecule has 2 N–H and O–H groups in total. The van der Waals surface area contributed by atoms with Crippen molar-refractivity contribution in [3.63, 3.8) is 0 Å². The van der Waals surface area contributed by atoms with E-state index < -0.39 is 0 Å². The van der Waals surface area contributed by atoms with Gasteiger partial charge in [-0.3, -0.25) is 4.90 Å². The molecule has 6 nitrogen and oxygen atoms in total. The first-order valence-corrected chi connectivity index (χ1v) is 11.2. The van der Waals surface area contributed by atoms with Crippen molar-refractivity contribution in [2.45, 2.75) is 6.42 Å². The number of aromatic nitrogens is 2. The number of hydrogen-bond acceptors (Lipinski definition) is 4. The predicted molar refractivity (Wildman–Crippen MR) is 130 cm³/mol. The monoisotopic (exact) mass is 455 g/mol. The Hall–Kier alpha value is -2.45. The van der Waals surface area contributed by atoms with E-state index >= 15 is 0 Å². The van der Waals surface area contributed by atoms with Crippen molar-refractivity contribution < 1.29 is 4.74 Å². The minimum atomic E-state index is 0.588. The van der Waals surface area contributed by atoms with Crippen LogP contribution in [-0.2, 0) is 4.74 Å². The van der Waals surface area contributed by atoms with Gasteiger partial charge in [-0.2, -0.15) is 5.10 Å². The van der Waals surface area contributed by atoms with Crippen molar-refractivity contribution in [1.29, 1.82) is 0 Å². The number of thiocarbonyl (C=S) groups is 1. The van der Waals surface area contributed by atoms with Gasteiger partial charge in [0.05, 0.1) is 30.8 Å². The normalized spacial score (nSPS) is 14.4. The number of para-hydroxylation sites is 1. The van der Waals surface area contributed by atoms with E-state index in [9.17, 15) is 0 Å². The second kappa shape index (κ2) is 10.7. The van der Waals surface area contributed by atoms with Gasteiger partial charge in [0.25, 0.3) is 0 Å². The molecule has 0 spiro atoms. The fourth-order valence-electron chi connectivity index (χ4n) is 3.50. The van der Waals surface area contributed by atoms with Gasteiger partial charge in [0.2, 0.25) is 0 Å². The summed E-state index contributed by atoms with van der Waals surface area (Å²) in [5.74, 6) is 0. The largest absolute Gasteiger partial charge is 0.379 e. The summed E-state index contributed by atoms with van der Waals surface area (Å²) in [6, 6.07) is 17.7. The predicted octanol–water partition coefficient (Wildman–Crippen LogP) is 4.20. The molecule has 1 aliphatic heterocycles. The highest BCUT2D eigenvalue weighted by Crippen LogP contribution is 2.29. The van der Waals surface area contributed by atoms with Crippen molar-refractivity contribution in [2.75, 3.05) is 44.7 Å². The summed E-state index contributed by atoms with van der Waals surface area (Å²) in [5, 5.41) is 12.7. The molecule has 3 aromatic rings. The first-order chi connectivity index (χ1) is 15.2. The van der Waals surface area contributed by atoms with E-state index in [1.165, 1.54) is 0 Å². The molecule has 1 fully saturated rings.